The number of nitrogens with one attached hydrogen (secondary N) is 3. The predicted molar refractivity (Wildman–Crippen MR) is 243 cm³/mol. The first kappa shape index (κ1) is 46.1. The molecule has 3 amide bonds. The van der Waals surface area contributed by atoms with E-state index < -0.39 is 53.0 Å². The number of pyridine rings is 1. The van der Waals surface area contributed by atoms with Crippen LogP contribution in [0.3, 0.4) is 0 Å². The number of anilines is 1. The van der Waals surface area contributed by atoms with Crippen LogP contribution in [-0.4, -0.2) is 131 Å². The van der Waals surface area contributed by atoms with Gasteiger partial charge in [-0.15, -0.1) is 11.3 Å². The van der Waals surface area contributed by atoms with Gasteiger partial charge in [0, 0.05) is 35.8 Å². The maximum atomic E-state index is 14.9. The molecule has 10 atom stereocenters. The predicted octanol–water partition coefficient (Wildman–Crippen LogP) is 6.44. The van der Waals surface area contributed by atoms with Crippen LogP contribution in [0.1, 0.15) is 80.6 Å². The Morgan fingerprint density at radius 1 is 1.08 bits per heavy atom. The van der Waals surface area contributed by atoms with Crippen molar-refractivity contribution in [2.24, 2.45) is 29.1 Å². The van der Waals surface area contributed by atoms with Gasteiger partial charge in [0.1, 0.15) is 58.7 Å². The van der Waals surface area contributed by atoms with Gasteiger partial charge in [-0.3, -0.25) is 14.5 Å². The summed E-state index contributed by atoms with van der Waals surface area (Å²) in [6, 6.07) is 3.38. The number of amides is 3. The van der Waals surface area contributed by atoms with Gasteiger partial charge in [0.05, 0.1) is 37.0 Å². The number of alkyl carbamates (subject to hydrolysis) is 1. The van der Waals surface area contributed by atoms with Gasteiger partial charge in [0.25, 0.3) is 0 Å². The van der Waals surface area contributed by atoms with E-state index >= 15 is 0 Å². The maximum Gasteiger partial charge on any atom is 0.408 e. The third-order valence-corrected chi connectivity index (χ3v) is 15.1. The largest absolute Gasteiger partial charge is 0.490 e. The van der Waals surface area contributed by atoms with E-state index in [0.29, 0.717) is 84.2 Å². The number of benzene rings is 1. The third-order valence-electron chi connectivity index (χ3n) is 13.9. The summed E-state index contributed by atoms with van der Waals surface area (Å²) < 4.78 is 24.6. The topological polar surface area (TPSA) is 194 Å². The summed E-state index contributed by atoms with van der Waals surface area (Å²) >= 11 is 8.58. The molecule has 3 aromatic rings. The van der Waals surface area contributed by atoms with Crippen molar-refractivity contribution in [3.63, 3.8) is 0 Å². The van der Waals surface area contributed by atoms with Crippen LogP contribution in [-0.2, 0) is 23.9 Å². The van der Waals surface area contributed by atoms with Crippen molar-refractivity contribution >= 4 is 62.8 Å². The van der Waals surface area contributed by atoms with Crippen molar-refractivity contribution < 1.29 is 43.2 Å². The molecule has 5 aliphatic rings. The van der Waals surface area contributed by atoms with Gasteiger partial charge in [-0.25, -0.2) is 19.6 Å². The van der Waals surface area contributed by atoms with Gasteiger partial charge in [-0.1, -0.05) is 52.6 Å². The molecule has 64 heavy (non-hydrogen) atoms. The molecule has 2 aliphatic heterocycles. The normalized spacial score (nSPS) is 29.2. The van der Waals surface area contributed by atoms with Crippen LogP contribution in [0.2, 0.25) is 5.02 Å². The van der Waals surface area contributed by atoms with Gasteiger partial charge in [-0.05, 0) is 81.4 Å². The number of likely N-dealkylation sites (tertiary alicyclic amines) is 1. The molecule has 4 N–H and O–H groups in total. The first-order chi connectivity index (χ1) is 30.4. The minimum absolute atomic E-state index is 0.0361. The van der Waals surface area contributed by atoms with E-state index in [9.17, 15) is 24.3 Å². The summed E-state index contributed by atoms with van der Waals surface area (Å²) in [4.78, 5) is 68.6. The first-order valence-corrected chi connectivity index (χ1v) is 23.9. The zero-order valence-corrected chi connectivity index (χ0v) is 39.5. The Hall–Kier alpha value is -4.45. The molecule has 348 valence electrons. The highest BCUT2D eigenvalue weighted by Gasteiger charge is 2.62. The molecule has 3 aliphatic carbocycles. The standard InChI is InChI=1S/C46H62ClN7O9S/c1-9-25-18-46(25,42(57)58)52-40(55)34-16-28(19-54(34)41(56)39(45(5,6)7)51-44(59)63-27-14-30-24(4)31(30)15-27)62-36-17-32(33-22-64-43(50-33)48-23(2)3)49-38-29(36)10-11-35(37(38)47)61-21-26-20-60-13-12-53(26)8/h10-11,17,22-28,30-31,34,39H,9,12-16,18-21H2,1-8H3,(H,48,50)(H,51,59)(H,52,55)(H,57,58)/t24-,25-,26-,27+,28?,30+,31-,34+,39-,46-/m1/s1. The second-order valence-electron chi connectivity index (χ2n) is 19.8. The van der Waals surface area contributed by atoms with Crippen molar-refractivity contribution in [1.82, 2.24) is 30.4 Å². The molecule has 5 fully saturated rings. The summed E-state index contributed by atoms with van der Waals surface area (Å²) in [6.45, 7) is 16.0. The Bertz CT molecular complexity index is 2260. The average Bonchev–Trinajstić information content (AvgIpc) is 3.73. The smallest absolute Gasteiger partial charge is 0.408 e. The lowest BCUT2D eigenvalue weighted by Gasteiger charge is -2.35. The maximum absolute atomic E-state index is 14.9. The van der Waals surface area contributed by atoms with Gasteiger partial charge < -0.3 is 44.9 Å². The average molecular weight is 925 g/mol. The number of aromatic nitrogens is 2. The summed E-state index contributed by atoms with van der Waals surface area (Å²) in [6.07, 6.45) is 0.871. The fraction of sp³-hybridized carbons (Fsp3) is 0.652. The Kier molecular flexibility index (Phi) is 13.0. The van der Waals surface area contributed by atoms with Gasteiger partial charge in [0.15, 0.2) is 5.13 Å². The van der Waals surface area contributed by atoms with E-state index in [0.717, 1.165) is 24.5 Å². The minimum Gasteiger partial charge on any atom is -0.490 e. The first-order valence-electron chi connectivity index (χ1n) is 22.6. The number of nitrogens with zero attached hydrogens (tertiary/aromatic N) is 4. The molecule has 4 heterocycles. The number of carbonyl (C=O) groups excluding carboxylic acids is 3. The third kappa shape index (κ3) is 9.45. The second-order valence-corrected chi connectivity index (χ2v) is 21.1. The summed E-state index contributed by atoms with van der Waals surface area (Å²) in [5, 5.41) is 22.7. The molecule has 1 aromatic carbocycles. The van der Waals surface area contributed by atoms with E-state index in [1.807, 2.05) is 60.0 Å². The molecule has 0 bridgehead atoms. The SMILES string of the molecule is CC[C@@H]1C[C@]1(NC(=O)[C@@H]1CC(Oc2cc(-c3csc(NC(C)C)n3)nc3c(Cl)c(OC[C@H]4COCCN4C)ccc23)CN1C(=O)[C@@H](NC(=O)O[C@@H]1C[C@@H]2[C@H](C)[C@@H]2C1)C(C)(C)C)C(=O)O. The Labute approximate surface area is 383 Å². The number of carboxylic acids is 1. The zero-order chi connectivity index (χ0) is 45.8. The molecule has 1 unspecified atom stereocenters. The number of hydrogen-bond acceptors (Lipinski definition) is 13. The quantitative estimate of drug-likeness (QED) is 0.130. The van der Waals surface area contributed by atoms with Gasteiger partial charge in [-0.2, -0.15) is 0 Å². The highest BCUT2D eigenvalue weighted by Crippen LogP contribution is 2.57. The van der Waals surface area contributed by atoms with Crippen LogP contribution < -0.4 is 25.4 Å². The fourth-order valence-electron chi connectivity index (χ4n) is 9.83. The number of halogens is 1. The molecule has 8 rings (SSSR count). The van der Waals surface area contributed by atoms with E-state index in [1.54, 1.807) is 12.1 Å². The van der Waals surface area contributed by atoms with Gasteiger partial charge >= 0.3 is 12.1 Å². The lowest BCUT2D eigenvalue weighted by Crippen LogP contribution is -2.59. The number of morpholine rings is 1. The number of likely N-dealkylation sites (N-methyl/N-ethyl adjacent to an activating group) is 1. The van der Waals surface area contributed by atoms with Crippen LogP contribution in [0.25, 0.3) is 22.3 Å². The minimum atomic E-state index is -1.42. The fourth-order valence-corrected chi connectivity index (χ4v) is 10.9. The van der Waals surface area contributed by atoms with Crippen molar-refractivity contribution in [2.75, 3.05) is 45.3 Å². The van der Waals surface area contributed by atoms with Gasteiger partial charge in [0.2, 0.25) is 11.8 Å². The highest BCUT2D eigenvalue weighted by molar-refractivity contribution is 7.14. The molecular weight excluding hydrogens is 862 g/mol. The second kappa shape index (κ2) is 18.1. The molecule has 3 saturated carbocycles. The Morgan fingerprint density at radius 2 is 1.83 bits per heavy atom. The van der Waals surface area contributed by atoms with Crippen LogP contribution in [0.4, 0.5) is 9.93 Å². The van der Waals surface area contributed by atoms with E-state index in [-0.39, 0.29) is 42.1 Å². The Balaban J connectivity index is 1.10. The number of carboxylic acid groups (broad SMARTS) is 1. The molecule has 0 radical (unpaired) electrons. The molecule has 18 heteroatoms. The lowest BCUT2D eigenvalue weighted by molar-refractivity contribution is -0.146. The van der Waals surface area contributed by atoms with Crippen LogP contribution >= 0.6 is 22.9 Å². The molecule has 0 spiro atoms. The number of aliphatic carboxylic acids is 1. The number of thiazole rings is 1. The van der Waals surface area contributed by atoms with Crippen LogP contribution in [0.15, 0.2) is 23.6 Å². The molecule has 2 aromatic heterocycles. The summed E-state index contributed by atoms with van der Waals surface area (Å²) in [7, 11) is 2.03. The highest BCUT2D eigenvalue weighted by atomic mass is 35.5. The number of rotatable bonds is 15. The van der Waals surface area contributed by atoms with E-state index in [1.165, 1.54) is 16.2 Å². The van der Waals surface area contributed by atoms with Crippen molar-refractivity contribution in [1.29, 1.82) is 0 Å². The number of hydrogen-bond donors (Lipinski definition) is 4. The van der Waals surface area contributed by atoms with Crippen LogP contribution in [0, 0.1) is 29.1 Å². The lowest BCUT2D eigenvalue weighted by atomic mass is 9.85. The molecular formula is C46H62ClN7O9S. The van der Waals surface area contributed by atoms with Crippen molar-refractivity contribution in [3.8, 4) is 22.9 Å². The van der Waals surface area contributed by atoms with Crippen molar-refractivity contribution in [3.05, 3.63) is 28.6 Å². The molecule has 16 nitrogen and oxygen atoms in total. The monoisotopic (exact) mass is 923 g/mol. The van der Waals surface area contributed by atoms with Crippen LogP contribution in [0.5, 0.6) is 11.5 Å². The number of ether oxygens (including phenoxy) is 4. The van der Waals surface area contributed by atoms with E-state index in [4.69, 9.17) is 40.5 Å². The van der Waals surface area contributed by atoms with Crippen molar-refractivity contribution in [2.45, 2.75) is 122 Å². The zero-order valence-electron chi connectivity index (χ0n) is 37.9. The molecule has 2 saturated heterocycles. The summed E-state index contributed by atoms with van der Waals surface area (Å²) in [5.41, 5.74) is -0.723. The summed E-state index contributed by atoms with van der Waals surface area (Å²) in [5.74, 6) is 0.155. The Morgan fingerprint density at radius 3 is 2.48 bits per heavy atom. The van der Waals surface area contributed by atoms with E-state index in [2.05, 4.69) is 27.8 Å². The number of carbonyl (C=O) groups is 4. The number of fused-ring (bicyclic) bond motifs is 2.